The van der Waals surface area contributed by atoms with Crippen molar-refractivity contribution in [3.8, 4) is 0 Å². The van der Waals surface area contributed by atoms with Gasteiger partial charge in [0.1, 0.15) is 0 Å². The minimum atomic E-state index is -0.648. The summed E-state index contributed by atoms with van der Waals surface area (Å²) in [5.74, 6) is 1.94. The zero-order valence-corrected chi connectivity index (χ0v) is 20.5. The van der Waals surface area contributed by atoms with Crippen molar-refractivity contribution in [1.29, 1.82) is 0 Å². The minimum Gasteiger partial charge on any atom is -0.392 e. The highest BCUT2D eigenvalue weighted by Crippen LogP contribution is 2.60. The highest BCUT2D eigenvalue weighted by molar-refractivity contribution is 5.39. The number of aliphatic hydroxyl groups is 3. The molecule has 0 unspecified atom stereocenters. The number of hydrogen-bond acceptors (Lipinski definition) is 3. The molecule has 3 heteroatoms. The molecule has 0 aliphatic heterocycles. The Hall–Kier alpha value is -0.900. The Kier molecular flexibility index (Phi) is 7.61. The first-order valence-corrected chi connectivity index (χ1v) is 12.6. The maximum absolute atomic E-state index is 10.4. The lowest BCUT2D eigenvalue weighted by Crippen LogP contribution is -2.36. The fourth-order valence-electron chi connectivity index (χ4n) is 6.91. The monoisotopic (exact) mass is 430 g/mol. The molecule has 0 amide bonds. The molecule has 0 aromatic rings. The number of hydrogen-bond donors (Lipinski definition) is 3. The van der Waals surface area contributed by atoms with E-state index in [1.807, 2.05) is 20.8 Å². The molecule has 0 heterocycles. The Morgan fingerprint density at radius 1 is 1.23 bits per heavy atom. The van der Waals surface area contributed by atoms with E-state index in [-0.39, 0.29) is 5.92 Å². The zero-order chi connectivity index (χ0) is 23.0. The molecule has 7 atom stereocenters. The fourth-order valence-corrected chi connectivity index (χ4v) is 6.91. The van der Waals surface area contributed by atoms with E-state index in [9.17, 15) is 15.3 Å². The van der Waals surface area contributed by atoms with Crippen molar-refractivity contribution in [2.75, 3.05) is 0 Å². The van der Waals surface area contributed by atoms with Crippen molar-refractivity contribution < 1.29 is 15.3 Å². The maximum atomic E-state index is 10.4. The van der Waals surface area contributed by atoms with Crippen LogP contribution in [0.15, 0.2) is 35.5 Å². The van der Waals surface area contributed by atoms with Gasteiger partial charge in [0, 0.05) is 5.92 Å². The summed E-state index contributed by atoms with van der Waals surface area (Å²) in [4.78, 5) is 0. The normalized spacial score (nSPS) is 40.4. The Bertz CT molecular complexity index is 712. The van der Waals surface area contributed by atoms with Crippen LogP contribution >= 0.6 is 0 Å². The molecule has 0 radical (unpaired) electrons. The molecule has 3 fully saturated rings. The largest absolute Gasteiger partial charge is 0.392 e. The Morgan fingerprint density at radius 3 is 2.61 bits per heavy atom. The van der Waals surface area contributed by atoms with E-state index in [2.05, 4.69) is 32.6 Å². The molecule has 3 aliphatic carbocycles. The van der Waals surface area contributed by atoms with Gasteiger partial charge in [-0.25, -0.2) is 0 Å². The van der Waals surface area contributed by atoms with Gasteiger partial charge in [0.2, 0.25) is 0 Å². The summed E-state index contributed by atoms with van der Waals surface area (Å²) in [6.45, 7) is 14.8. The Morgan fingerprint density at radius 2 is 1.94 bits per heavy atom. The van der Waals surface area contributed by atoms with Gasteiger partial charge in [-0.15, -0.1) is 0 Å². The van der Waals surface area contributed by atoms with Crippen LogP contribution in [-0.4, -0.2) is 33.1 Å². The molecule has 0 spiro atoms. The predicted octanol–water partition coefficient (Wildman–Crippen LogP) is 5.95. The fraction of sp³-hybridized carbons (Fsp3) is 0.786. The van der Waals surface area contributed by atoms with E-state index >= 15 is 0 Å². The molecule has 0 saturated heterocycles. The van der Waals surface area contributed by atoms with Crippen molar-refractivity contribution in [3.63, 3.8) is 0 Å². The maximum Gasteiger partial charge on any atom is 0.0837 e. The van der Waals surface area contributed by atoms with Crippen LogP contribution < -0.4 is 0 Å². The van der Waals surface area contributed by atoms with Crippen molar-refractivity contribution in [1.82, 2.24) is 0 Å². The van der Waals surface area contributed by atoms with Crippen molar-refractivity contribution in [2.45, 2.75) is 110 Å². The quantitative estimate of drug-likeness (QED) is 0.488. The van der Waals surface area contributed by atoms with Gasteiger partial charge >= 0.3 is 0 Å². The van der Waals surface area contributed by atoms with Crippen molar-refractivity contribution in [3.05, 3.63) is 35.5 Å². The number of aliphatic hydroxyl groups excluding tert-OH is 2. The lowest BCUT2D eigenvalue weighted by atomic mass is 9.60. The summed E-state index contributed by atoms with van der Waals surface area (Å²) in [6.07, 6.45) is 13.4. The molecule has 3 nitrogen and oxygen atoms in total. The van der Waals surface area contributed by atoms with Crippen LogP contribution in [0.3, 0.4) is 0 Å². The lowest BCUT2D eigenvalue weighted by molar-refractivity contribution is 0.0283. The molecule has 3 rings (SSSR count). The number of rotatable bonds is 6. The van der Waals surface area contributed by atoms with E-state index in [0.717, 1.165) is 36.3 Å². The molecule has 3 aliphatic rings. The summed E-state index contributed by atoms with van der Waals surface area (Å²) in [5.41, 5.74) is 3.15. The van der Waals surface area contributed by atoms with Gasteiger partial charge in [0.25, 0.3) is 0 Å². The lowest BCUT2D eigenvalue weighted by Gasteiger charge is -2.44. The van der Waals surface area contributed by atoms with Gasteiger partial charge in [-0.2, -0.15) is 0 Å². The van der Waals surface area contributed by atoms with Crippen LogP contribution in [0, 0.1) is 29.1 Å². The first-order valence-electron chi connectivity index (χ1n) is 12.6. The molecule has 31 heavy (non-hydrogen) atoms. The predicted molar refractivity (Wildman–Crippen MR) is 129 cm³/mol. The van der Waals surface area contributed by atoms with E-state index in [0.29, 0.717) is 23.7 Å². The van der Waals surface area contributed by atoms with Crippen LogP contribution in [0.5, 0.6) is 0 Å². The van der Waals surface area contributed by atoms with E-state index in [1.54, 1.807) is 5.57 Å². The van der Waals surface area contributed by atoms with Gasteiger partial charge in [-0.1, -0.05) is 57.9 Å². The molecular formula is C28H46O3. The van der Waals surface area contributed by atoms with Crippen LogP contribution in [0.25, 0.3) is 0 Å². The third-order valence-electron chi connectivity index (χ3n) is 8.97. The van der Waals surface area contributed by atoms with Crippen LogP contribution in [0.1, 0.15) is 92.4 Å². The molecule has 0 bridgehead atoms. The Labute approximate surface area is 190 Å². The van der Waals surface area contributed by atoms with Gasteiger partial charge in [-0.05, 0) is 93.1 Å². The highest BCUT2D eigenvalue weighted by atomic mass is 16.3. The third kappa shape index (κ3) is 5.37. The number of fused-ring (bicyclic) bond motifs is 1. The van der Waals surface area contributed by atoms with E-state index < -0.39 is 17.8 Å². The second-order valence-corrected chi connectivity index (χ2v) is 11.8. The highest BCUT2D eigenvalue weighted by Gasteiger charge is 2.50. The summed E-state index contributed by atoms with van der Waals surface area (Å²) in [7, 11) is 0. The number of allylic oxidation sites excluding steroid dienone is 3. The van der Waals surface area contributed by atoms with Crippen LogP contribution in [-0.2, 0) is 0 Å². The van der Waals surface area contributed by atoms with Gasteiger partial charge in [0.15, 0.2) is 0 Å². The topological polar surface area (TPSA) is 60.7 Å². The van der Waals surface area contributed by atoms with Crippen LogP contribution in [0.2, 0.25) is 0 Å². The third-order valence-corrected chi connectivity index (χ3v) is 8.97. The first-order chi connectivity index (χ1) is 14.4. The van der Waals surface area contributed by atoms with Crippen molar-refractivity contribution >= 4 is 0 Å². The van der Waals surface area contributed by atoms with Gasteiger partial charge < -0.3 is 15.3 Å². The van der Waals surface area contributed by atoms with Crippen molar-refractivity contribution in [2.24, 2.45) is 29.1 Å². The summed E-state index contributed by atoms with van der Waals surface area (Å²) >= 11 is 0. The average molecular weight is 431 g/mol. The Balaban J connectivity index is 1.71. The van der Waals surface area contributed by atoms with E-state index in [4.69, 9.17) is 0 Å². The minimum absolute atomic E-state index is 0.149. The summed E-state index contributed by atoms with van der Waals surface area (Å²) in [6, 6.07) is 0. The zero-order valence-electron chi connectivity index (χ0n) is 20.5. The van der Waals surface area contributed by atoms with Crippen LogP contribution in [0.4, 0.5) is 0 Å². The van der Waals surface area contributed by atoms with Gasteiger partial charge in [-0.3, -0.25) is 0 Å². The second kappa shape index (κ2) is 9.53. The molecule has 0 aromatic carbocycles. The molecule has 0 aromatic heterocycles. The average Bonchev–Trinajstić information content (AvgIpc) is 3.04. The SMILES string of the molecule is C=C1/C(=C\C=C2/CCC[C@]3(C)[C@@H]([C@H](C)CCCC(C)(C)O)CC[C@@H]23)C[C@@H](O)[C@@H](C)[C@H]1O. The molecule has 176 valence electrons. The summed E-state index contributed by atoms with van der Waals surface area (Å²) in [5, 5.41) is 30.7. The summed E-state index contributed by atoms with van der Waals surface area (Å²) < 4.78 is 0. The smallest absolute Gasteiger partial charge is 0.0837 e. The molecule has 3 N–H and O–H groups in total. The second-order valence-electron chi connectivity index (χ2n) is 11.8. The molecular weight excluding hydrogens is 384 g/mol. The first kappa shape index (κ1) is 24.7. The molecule has 3 saturated carbocycles. The van der Waals surface area contributed by atoms with E-state index in [1.165, 1.54) is 32.1 Å². The standard InChI is InChI=1S/C28H46O3/c1-18(9-7-15-27(4,5)31)23-13-14-24-21(10-8-16-28(23,24)6)11-12-22-17-25(29)20(3)26(30)19(22)2/h11-12,18,20,23-26,29-31H,2,7-10,13-17H2,1,3-6H3/b21-11+,22-12-/t18-,20-,23-,24+,25-,26+,28-/m1/s1. The van der Waals surface area contributed by atoms with Gasteiger partial charge in [0.05, 0.1) is 17.8 Å².